The predicted octanol–water partition coefficient (Wildman–Crippen LogP) is 4.42. The number of rotatable bonds is 5. The first-order valence-electron chi connectivity index (χ1n) is 10.8. The van der Waals surface area contributed by atoms with Crippen LogP contribution in [0.2, 0.25) is 0 Å². The second-order valence-corrected chi connectivity index (χ2v) is 8.18. The lowest BCUT2D eigenvalue weighted by atomic mass is 10.0. The summed E-state index contributed by atoms with van der Waals surface area (Å²) in [5.74, 6) is 0.0374. The lowest BCUT2D eigenvalue weighted by Crippen LogP contribution is -2.34. The third kappa shape index (κ3) is 4.09. The number of halogens is 1. The Kier molecular flexibility index (Phi) is 5.38. The number of benzene rings is 2. The first-order valence-corrected chi connectivity index (χ1v) is 10.8. The van der Waals surface area contributed by atoms with Crippen LogP contribution in [0, 0.1) is 19.7 Å². The zero-order valence-electron chi connectivity index (χ0n) is 18.4. The summed E-state index contributed by atoms with van der Waals surface area (Å²) in [4.78, 5) is 16.7. The standard InChI is InChI=1S/C26H23FN4O2/c1-16-13-17(2)31(30-16)20-5-3-19(4-6-20)26(32)29-15-21-14-23-24(27)8-7-22(25(23)33-21)18-9-11-28-12-10-18/h3-13,21H,14-15H2,1-2H3,(H,29,32)/t21-/m1/s1. The Labute approximate surface area is 191 Å². The maximum Gasteiger partial charge on any atom is 0.251 e. The summed E-state index contributed by atoms with van der Waals surface area (Å²) in [6.07, 6.45) is 3.45. The molecule has 0 aliphatic carbocycles. The lowest BCUT2D eigenvalue weighted by Gasteiger charge is -2.14. The van der Waals surface area contributed by atoms with Gasteiger partial charge in [-0.3, -0.25) is 9.78 Å². The number of nitrogens with one attached hydrogen (secondary N) is 1. The average molecular weight is 442 g/mol. The van der Waals surface area contributed by atoms with E-state index in [1.54, 1.807) is 30.6 Å². The van der Waals surface area contributed by atoms with Crippen LogP contribution in [0.25, 0.3) is 16.8 Å². The summed E-state index contributed by atoms with van der Waals surface area (Å²) in [5.41, 5.74) is 5.68. The number of hydrogen-bond donors (Lipinski definition) is 1. The Balaban J connectivity index is 1.26. The molecule has 0 spiro atoms. The minimum Gasteiger partial charge on any atom is -0.487 e. The summed E-state index contributed by atoms with van der Waals surface area (Å²) >= 11 is 0. The Morgan fingerprint density at radius 1 is 1.12 bits per heavy atom. The van der Waals surface area contributed by atoms with Crippen LogP contribution in [-0.2, 0) is 6.42 Å². The van der Waals surface area contributed by atoms with E-state index in [9.17, 15) is 9.18 Å². The highest BCUT2D eigenvalue weighted by Gasteiger charge is 2.29. The number of carbonyl (C=O) groups is 1. The fourth-order valence-electron chi connectivity index (χ4n) is 4.19. The van der Waals surface area contributed by atoms with E-state index < -0.39 is 0 Å². The molecular formula is C26H23FN4O2. The van der Waals surface area contributed by atoms with Gasteiger partial charge in [0, 0.05) is 41.2 Å². The molecule has 3 heterocycles. The lowest BCUT2D eigenvalue weighted by molar-refractivity contribution is 0.0933. The van der Waals surface area contributed by atoms with E-state index in [1.165, 1.54) is 6.07 Å². The van der Waals surface area contributed by atoms with Gasteiger partial charge in [0.2, 0.25) is 0 Å². The summed E-state index contributed by atoms with van der Waals surface area (Å²) < 4.78 is 22.4. The van der Waals surface area contributed by atoms with Crippen molar-refractivity contribution < 1.29 is 13.9 Å². The Hall–Kier alpha value is -4.00. The van der Waals surface area contributed by atoms with E-state index in [0.717, 1.165) is 28.2 Å². The van der Waals surface area contributed by atoms with Gasteiger partial charge in [-0.15, -0.1) is 0 Å². The molecule has 6 nitrogen and oxygen atoms in total. The molecule has 4 aromatic rings. The van der Waals surface area contributed by atoms with Crippen LogP contribution < -0.4 is 10.1 Å². The van der Waals surface area contributed by atoms with Gasteiger partial charge in [0.1, 0.15) is 17.7 Å². The van der Waals surface area contributed by atoms with Gasteiger partial charge in [0.25, 0.3) is 5.91 Å². The third-order valence-corrected chi connectivity index (χ3v) is 5.78. The van der Waals surface area contributed by atoms with Crippen LogP contribution in [0.4, 0.5) is 4.39 Å². The summed E-state index contributed by atoms with van der Waals surface area (Å²) in [6, 6.07) is 16.2. The Bertz CT molecular complexity index is 1320. The van der Waals surface area contributed by atoms with Crippen LogP contribution in [0.5, 0.6) is 5.75 Å². The second-order valence-electron chi connectivity index (χ2n) is 8.18. The first-order chi connectivity index (χ1) is 16.0. The molecule has 2 aromatic heterocycles. The normalized spacial score (nSPS) is 14.6. The molecule has 0 saturated carbocycles. The van der Waals surface area contributed by atoms with E-state index in [0.29, 0.717) is 23.3 Å². The number of aryl methyl sites for hydroxylation is 2. The molecule has 0 unspecified atom stereocenters. The smallest absolute Gasteiger partial charge is 0.251 e. The molecule has 7 heteroatoms. The topological polar surface area (TPSA) is 69.0 Å². The minimum absolute atomic E-state index is 0.204. The quantitative estimate of drug-likeness (QED) is 0.497. The number of ether oxygens (including phenoxy) is 1. The van der Waals surface area contributed by atoms with Crippen LogP contribution in [0.3, 0.4) is 0 Å². The van der Waals surface area contributed by atoms with Gasteiger partial charge in [0.15, 0.2) is 0 Å². The average Bonchev–Trinajstić information content (AvgIpc) is 3.41. The molecule has 33 heavy (non-hydrogen) atoms. The maximum atomic E-state index is 14.4. The molecule has 2 aromatic carbocycles. The van der Waals surface area contributed by atoms with Gasteiger partial charge >= 0.3 is 0 Å². The molecular weight excluding hydrogens is 419 g/mol. The highest BCUT2D eigenvalue weighted by molar-refractivity contribution is 5.94. The maximum absolute atomic E-state index is 14.4. The predicted molar refractivity (Wildman–Crippen MR) is 123 cm³/mol. The van der Waals surface area contributed by atoms with Crippen LogP contribution in [-0.4, -0.2) is 33.3 Å². The highest BCUT2D eigenvalue weighted by Crippen LogP contribution is 2.40. The molecule has 0 fully saturated rings. The molecule has 5 rings (SSSR count). The Morgan fingerprint density at radius 2 is 1.88 bits per heavy atom. The number of aromatic nitrogens is 3. The molecule has 1 N–H and O–H groups in total. The number of nitrogens with zero attached hydrogens (tertiary/aromatic N) is 3. The van der Waals surface area contributed by atoms with Crippen LogP contribution in [0.15, 0.2) is 67.0 Å². The van der Waals surface area contributed by atoms with Crippen LogP contribution >= 0.6 is 0 Å². The van der Waals surface area contributed by atoms with Gasteiger partial charge in [0.05, 0.1) is 17.9 Å². The van der Waals surface area contributed by atoms with Crippen molar-refractivity contribution in [1.82, 2.24) is 20.1 Å². The summed E-state index contributed by atoms with van der Waals surface area (Å²) in [5, 5.41) is 7.38. The Morgan fingerprint density at radius 3 is 2.58 bits per heavy atom. The monoisotopic (exact) mass is 442 g/mol. The second kappa shape index (κ2) is 8.50. The first kappa shape index (κ1) is 20.9. The molecule has 1 aliphatic rings. The van der Waals surface area contributed by atoms with Crippen molar-refractivity contribution in [2.24, 2.45) is 0 Å². The van der Waals surface area contributed by atoms with E-state index in [-0.39, 0.29) is 24.4 Å². The molecule has 0 bridgehead atoms. The zero-order valence-corrected chi connectivity index (χ0v) is 18.4. The van der Waals surface area contributed by atoms with Crippen LogP contribution in [0.1, 0.15) is 27.3 Å². The van der Waals surface area contributed by atoms with E-state index >= 15 is 0 Å². The van der Waals surface area contributed by atoms with Gasteiger partial charge in [-0.25, -0.2) is 9.07 Å². The molecule has 0 radical (unpaired) electrons. The molecule has 166 valence electrons. The SMILES string of the molecule is Cc1cc(C)n(-c2ccc(C(=O)NC[C@H]3Cc4c(F)ccc(-c5ccncc5)c4O3)cc2)n1. The number of amides is 1. The summed E-state index contributed by atoms with van der Waals surface area (Å²) in [6.45, 7) is 4.21. The number of pyridine rings is 1. The van der Waals surface area contributed by atoms with Crippen molar-refractivity contribution in [1.29, 1.82) is 0 Å². The van der Waals surface area contributed by atoms with E-state index in [1.807, 2.05) is 48.9 Å². The number of carbonyl (C=O) groups excluding carboxylic acids is 1. The van der Waals surface area contributed by atoms with Crippen molar-refractivity contribution >= 4 is 5.91 Å². The highest BCUT2D eigenvalue weighted by atomic mass is 19.1. The fraction of sp³-hybridized carbons (Fsp3) is 0.192. The van der Waals surface area contributed by atoms with Gasteiger partial charge in [-0.05, 0) is 74.0 Å². The minimum atomic E-state index is -0.338. The van der Waals surface area contributed by atoms with Crippen molar-refractivity contribution in [3.8, 4) is 22.6 Å². The fourth-order valence-corrected chi connectivity index (χ4v) is 4.19. The molecule has 0 saturated heterocycles. The van der Waals surface area contributed by atoms with Gasteiger partial charge < -0.3 is 10.1 Å². The summed E-state index contributed by atoms with van der Waals surface area (Å²) in [7, 11) is 0. The number of fused-ring (bicyclic) bond motifs is 1. The van der Waals surface area contributed by atoms with Crippen molar-refractivity contribution in [3.05, 3.63) is 95.3 Å². The third-order valence-electron chi connectivity index (χ3n) is 5.78. The molecule has 1 amide bonds. The zero-order chi connectivity index (χ0) is 22.9. The van der Waals surface area contributed by atoms with Gasteiger partial charge in [-0.2, -0.15) is 5.10 Å². The van der Waals surface area contributed by atoms with Gasteiger partial charge in [-0.1, -0.05) is 0 Å². The van der Waals surface area contributed by atoms with Crippen molar-refractivity contribution in [2.45, 2.75) is 26.4 Å². The van der Waals surface area contributed by atoms with E-state index in [2.05, 4.69) is 15.4 Å². The molecule has 1 atom stereocenters. The van der Waals surface area contributed by atoms with E-state index in [4.69, 9.17) is 4.74 Å². The van der Waals surface area contributed by atoms with Crippen molar-refractivity contribution in [3.63, 3.8) is 0 Å². The molecule has 1 aliphatic heterocycles. The largest absolute Gasteiger partial charge is 0.487 e. The number of hydrogen-bond acceptors (Lipinski definition) is 4. The van der Waals surface area contributed by atoms with Crippen molar-refractivity contribution in [2.75, 3.05) is 6.54 Å².